The monoisotopic (exact) mass is 308 g/mol. The fraction of sp³-hybridized carbons (Fsp3) is 1.00. The van der Waals surface area contributed by atoms with Crippen molar-refractivity contribution in [2.75, 3.05) is 13.2 Å². The van der Waals surface area contributed by atoms with Crippen molar-refractivity contribution >= 4 is 0 Å². The Morgan fingerprint density at radius 1 is 1.00 bits per heavy atom. The Kier molecular flexibility index (Phi) is 5.22. The predicted octanol–water partition coefficient (Wildman–Crippen LogP) is -2.27. The molecule has 0 saturated carbocycles. The molecule has 0 aromatic carbocycles. The summed E-state index contributed by atoms with van der Waals surface area (Å²) in [6.07, 6.45) is -8.01. The molecule has 8 unspecified atom stereocenters. The molecule has 2 fully saturated rings. The maximum absolute atomic E-state index is 10.1. The second kappa shape index (κ2) is 6.43. The van der Waals surface area contributed by atoms with Crippen molar-refractivity contribution < 1.29 is 39.7 Å². The maximum atomic E-state index is 10.1. The average Bonchev–Trinajstić information content (AvgIpc) is 2.47. The van der Waals surface area contributed by atoms with Gasteiger partial charge in [-0.2, -0.15) is 0 Å². The summed E-state index contributed by atoms with van der Waals surface area (Å²) < 4.78 is 16.3. The molecule has 0 radical (unpaired) electrons. The standard InChI is InChI=1S/C13H24O8/c1-3-13(2)11(9(17)7(15)5-20-13)21-12-10(18)8(16)6(14)4-19-12/h6-12,14-18H,3-5H2,1-2H3. The van der Waals surface area contributed by atoms with Crippen LogP contribution in [0.2, 0.25) is 0 Å². The first-order valence-electron chi connectivity index (χ1n) is 7.11. The van der Waals surface area contributed by atoms with Gasteiger partial charge in [-0.3, -0.25) is 0 Å². The van der Waals surface area contributed by atoms with Gasteiger partial charge < -0.3 is 39.7 Å². The molecule has 124 valence electrons. The lowest BCUT2D eigenvalue weighted by Crippen LogP contribution is -2.63. The predicted molar refractivity (Wildman–Crippen MR) is 69.3 cm³/mol. The minimum Gasteiger partial charge on any atom is -0.388 e. The second-order valence-corrected chi connectivity index (χ2v) is 5.84. The van der Waals surface area contributed by atoms with Crippen molar-refractivity contribution in [2.45, 2.75) is 68.8 Å². The maximum Gasteiger partial charge on any atom is 0.186 e. The van der Waals surface area contributed by atoms with Gasteiger partial charge in [0.1, 0.15) is 36.6 Å². The summed E-state index contributed by atoms with van der Waals surface area (Å²) in [7, 11) is 0. The highest BCUT2D eigenvalue weighted by Gasteiger charge is 2.50. The van der Waals surface area contributed by atoms with E-state index in [1.807, 2.05) is 6.92 Å². The molecule has 2 aliphatic heterocycles. The molecule has 0 spiro atoms. The van der Waals surface area contributed by atoms with Crippen LogP contribution in [0.15, 0.2) is 0 Å². The molecule has 2 rings (SSSR count). The molecule has 2 saturated heterocycles. The molecule has 21 heavy (non-hydrogen) atoms. The van der Waals surface area contributed by atoms with Crippen LogP contribution >= 0.6 is 0 Å². The topological polar surface area (TPSA) is 129 Å². The number of hydrogen-bond donors (Lipinski definition) is 5. The van der Waals surface area contributed by atoms with Crippen molar-refractivity contribution in [3.63, 3.8) is 0 Å². The number of aliphatic hydroxyl groups is 5. The molecule has 2 heterocycles. The van der Waals surface area contributed by atoms with Crippen LogP contribution in [0.4, 0.5) is 0 Å². The zero-order valence-corrected chi connectivity index (χ0v) is 12.1. The van der Waals surface area contributed by atoms with Crippen LogP contribution < -0.4 is 0 Å². The molecule has 0 bridgehead atoms. The van der Waals surface area contributed by atoms with E-state index >= 15 is 0 Å². The molecule has 0 aliphatic carbocycles. The summed E-state index contributed by atoms with van der Waals surface area (Å²) in [5, 5.41) is 48.8. The fourth-order valence-electron chi connectivity index (χ4n) is 2.59. The molecule has 8 heteroatoms. The van der Waals surface area contributed by atoms with Crippen LogP contribution in [-0.2, 0) is 14.2 Å². The Hall–Kier alpha value is -0.320. The minimum absolute atomic E-state index is 0.0131. The van der Waals surface area contributed by atoms with E-state index in [-0.39, 0.29) is 13.2 Å². The quantitative estimate of drug-likeness (QED) is 0.395. The van der Waals surface area contributed by atoms with E-state index in [9.17, 15) is 25.5 Å². The first-order valence-corrected chi connectivity index (χ1v) is 7.11. The highest BCUT2D eigenvalue weighted by Crippen LogP contribution is 2.33. The Morgan fingerprint density at radius 2 is 1.62 bits per heavy atom. The van der Waals surface area contributed by atoms with Crippen molar-refractivity contribution in [1.82, 2.24) is 0 Å². The van der Waals surface area contributed by atoms with E-state index < -0.39 is 48.5 Å². The molecular weight excluding hydrogens is 284 g/mol. The fourth-order valence-corrected chi connectivity index (χ4v) is 2.59. The van der Waals surface area contributed by atoms with Crippen molar-refractivity contribution in [3.05, 3.63) is 0 Å². The third kappa shape index (κ3) is 3.22. The van der Waals surface area contributed by atoms with Crippen LogP contribution in [0.3, 0.4) is 0 Å². The first kappa shape index (κ1) is 17.0. The largest absolute Gasteiger partial charge is 0.388 e. The van der Waals surface area contributed by atoms with Gasteiger partial charge in [0.2, 0.25) is 0 Å². The van der Waals surface area contributed by atoms with Gasteiger partial charge in [0, 0.05) is 0 Å². The lowest BCUT2D eigenvalue weighted by atomic mass is 9.86. The van der Waals surface area contributed by atoms with Crippen LogP contribution in [0.1, 0.15) is 20.3 Å². The summed E-state index contributed by atoms with van der Waals surface area (Å²) in [5.41, 5.74) is -0.858. The zero-order chi connectivity index (χ0) is 15.8. The summed E-state index contributed by atoms with van der Waals surface area (Å²) in [6.45, 7) is 3.36. The van der Waals surface area contributed by atoms with E-state index in [1.54, 1.807) is 6.92 Å². The van der Waals surface area contributed by atoms with Gasteiger partial charge in [0.05, 0.1) is 18.8 Å². The molecule has 0 amide bonds. The molecular formula is C13H24O8. The summed E-state index contributed by atoms with van der Waals surface area (Å²) >= 11 is 0. The molecule has 2 aliphatic rings. The third-order valence-electron chi connectivity index (χ3n) is 4.33. The van der Waals surface area contributed by atoms with E-state index in [2.05, 4.69) is 0 Å². The molecule has 5 N–H and O–H groups in total. The lowest BCUT2D eigenvalue weighted by Gasteiger charge is -2.47. The van der Waals surface area contributed by atoms with E-state index in [1.165, 1.54) is 0 Å². The van der Waals surface area contributed by atoms with Crippen LogP contribution in [0.25, 0.3) is 0 Å². The van der Waals surface area contributed by atoms with Crippen LogP contribution in [0.5, 0.6) is 0 Å². The number of aliphatic hydroxyl groups excluding tert-OH is 5. The van der Waals surface area contributed by atoms with Gasteiger partial charge in [-0.25, -0.2) is 0 Å². The van der Waals surface area contributed by atoms with Gasteiger partial charge in [-0.1, -0.05) is 6.92 Å². The first-order chi connectivity index (χ1) is 9.80. The number of hydrogen-bond acceptors (Lipinski definition) is 8. The van der Waals surface area contributed by atoms with Crippen molar-refractivity contribution in [2.24, 2.45) is 0 Å². The third-order valence-corrected chi connectivity index (χ3v) is 4.33. The Morgan fingerprint density at radius 3 is 2.24 bits per heavy atom. The van der Waals surface area contributed by atoms with Gasteiger partial charge in [-0.05, 0) is 13.3 Å². The second-order valence-electron chi connectivity index (χ2n) is 5.84. The molecule has 0 aromatic heterocycles. The Bertz CT molecular complexity index is 353. The summed E-state index contributed by atoms with van der Waals surface area (Å²) in [4.78, 5) is 0. The highest BCUT2D eigenvalue weighted by molar-refractivity contribution is 4.97. The minimum atomic E-state index is -1.46. The normalized spacial score (nSPS) is 51.9. The lowest BCUT2D eigenvalue weighted by molar-refractivity contribution is -0.330. The number of ether oxygens (including phenoxy) is 3. The summed E-state index contributed by atoms with van der Waals surface area (Å²) in [6, 6.07) is 0. The van der Waals surface area contributed by atoms with Crippen molar-refractivity contribution in [3.8, 4) is 0 Å². The van der Waals surface area contributed by atoms with E-state index in [0.717, 1.165) is 0 Å². The zero-order valence-electron chi connectivity index (χ0n) is 12.1. The van der Waals surface area contributed by atoms with E-state index in [4.69, 9.17) is 14.2 Å². The van der Waals surface area contributed by atoms with E-state index in [0.29, 0.717) is 6.42 Å². The van der Waals surface area contributed by atoms with Crippen LogP contribution in [0, 0.1) is 0 Å². The molecule has 8 nitrogen and oxygen atoms in total. The van der Waals surface area contributed by atoms with Crippen molar-refractivity contribution in [1.29, 1.82) is 0 Å². The highest BCUT2D eigenvalue weighted by atomic mass is 16.7. The van der Waals surface area contributed by atoms with Gasteiger partial charge in [0.15, 0.2) is 6.29 Å². The van der Waals surface area contributed by atoms with Gasteiger partial charge in [-0.15, -0.1) is 0 Å². The summed E-state index contributed by atoms with van der Waals surface area (Å²) in [5.74, 6) is 0. The average molecular weight is 308 g/mol. The van der Waals surface area contributed by atoms with Crippen LogP contribution in [-0.4, -0.2) is 87.3 Å². The van der Waals surface area contributed by atoms with Gasteiger partial charge in [0.25, 0.3) is 0 Å². The molecule has 0 aromatic rings. The number of rotatable bonds is 3. The SMILES string of the molecule is CCC1(C)OCC(O)C(O)C1OC1OCC(O)C(O)C1O. The Labute approximate surface area is 122 Å². The smallest absolute Gasteiger partial charge is 0.186 e. The Balaban J connectivity index is 2.11. The molecule has 8 atom stereocenters. The van der Waals surface area contributed by atoms with Gasteiger partial charge >= 0.3 is 0 Å².